The first-order valence-electron chi connectivity index (χ1n) is 6.62. The molecule has 0 unspecified atom stereocenters. The fraction of sp³-hybridized carbons (Fsp3) is 0.429. The quantitative estimate of drug-likeness (QED) is 0.535. The first-order chi connectivity index (χ1) is 9.99. The molecule has 0 bridgehead atoms. The molecule has 1 N–H and O–H groups in total. The smallest absolute Gasteiger partial charge is 0.176 e. The highest BCUT2D eigenvalue weighted by Crippen LogP contribution is 2.32. The third-order valence-corrected chi connectivity index (χ3v) is 5.86. The summed E-state index contributed by atoms with van der Waals surface area (Å²) in [5.41, 5.74) is 0.310. The summed E-state index contributed by atoms with van der Waals surface area (Å²) in [6.07, 6.45) is 3.57. The number of nitrogens with zero attached hydrogens (tertiary/aromatic N) is 1. The number of ketones is 1. The number of likely N-dealkylation sites (tertiary alicyclic amines) is 1. The Bertz CT molecular complexity index is 560. The van der Waals surface area contributed by atoms with E-state index in [0.717, 1.165) is 34.7 Å². The van der Waals surface area contributed by atoms with Crippen molar-refractivity contribution in [2.45, 2.75) is 19.3 Å². The molecule has 0 spiro atoms. The van der Waals surface area contributed by atoms with Gasteiger partial charge in [-0.05, 0) is 47.3 Å². The summed E-state index contributed by atoms with van der Waals surface area (Å²) >= 11 is 13.3. The number of hydrogen-bond donors (Lipinski definition) is 1. The summed E-state index contributed by atoms with van der Waals surface area (Å²) in [5.74, 6) is 0.0951. The van der Waals surface area contributed by atoms with Crippen LogP contribution in [0.4, 0.5) is 0 Å². The molecular formula is C14H15Br2NO2S2. The molecule has 7 heteroatoms. The summed E-state index contributed by atoms with van der Waals surface area (Å²) in [7, 11) is 0. The van der Waals surface area contributed by atoms with Crippen molar-refractivity contribution >= 4 is 65.9 Å². The number of carbonyl (C=O) groups is 1. The predicted molar refractivity (Wildman–Crippen MR) is 98.3 cm³/mol. The van der Waals surface area contributed by atoms with Crippen LogP contribution < -0.4 is 0 Å². The number of Topliss-reactive ketones (excluding diaryl/α,β-unsaturated/α-hetero) is 1. The molecule has 0 amide bonds. The Balaban J connectivity index is 1.97. The number of thioether (sulfide) groups is 1. The molecule has 0 radical (unpaired) electrons. The van der Waals surface area contributed by atoms with E-state index in [2.05, 4.69) is 36.8 Å². The van der Waals surface area contributed by atoms with Crippen molar-refractivity contribution < 1.29 is 9.90 Å². The van der Waals surface area contributed by atoms with Crippen LogP contribution in [-0.2, 0) is 0 Å². The van der Waals surface area contributed by atoms with E-state index in [0.29, 0.717) is 10.0 Å². The summed E-state index contributed by atoms with van der Waals surface area (Å²) < 4.78 is 2.03. The van der Waals surface area contributed by atoms with E-state index in [1.807, 2.05) is 0 Å². The lowest BCUT2D eigenvalue weighted by atomic mass is 10.1. The van der Waals surface area contributed by atoms with Gasteiger partial charge in [0.05, 0.1) is 15.8 Å². The summed E-state index contributed by atoms with van der Waals surface area (Å²) in [6, 6.07) is 3.34. The van der Waals surface area contributed by atoms with Crippen LogP contribution in [0.25, 0.3) is 0 Å². The molecule has 3 nitrogen and oxygen atoms in total. The number of rotatable bonds is 3. The van der Waals surface area contributed by atoms with Crippen LogP contribution in [-0.4, -0.2) is 39.0 Å². The zero-order valence-corrected chi connectivity index (χ0v) is 16.1. The van der Waals surface area contributed by atoms with Gasteiger partial charge in [-0.3, -0.25) is 4.79 Å². The molecule has 1 aliphatic rings. The van der Waals surface area contributed by atoms with Gasteiger partial charge < -0.3 is 10.0 Å². The molecule has 0 aliphatic carbocycles. The second-order valence-corrected chi connectivity index (χ2v) is 8.19. The summed E-state index contributed by atoms with van der Waals surface area (Å²) in [6.45, 7) is 1.96. The fourth-order valence-electron chi connectivity index (χ4n) is 2.15. The van der Waals surface area contributed by atoms with Crippen LogP contribution in [0.3, 0.4) is 0 Å². The van der Waals surface area contributed by atoms with Crippen LogP contribution >= 0.6 is 55.8 Å². The number of benzene rings is 1. The number of aromatic hydroxyl groups is 1. The molecule has 21 heavy (non-hydrogen) atoms. The number of hydrogen-bond acceptors (Lipinski definition) is 4. The largest absolute Gasteiger partial charge is 0.506 e. The van der Waals surface area contributed by atoms with Crippen molar-refractivity contribution in [3.05, 3.63) is 26.6 Å². The second kappa shape index (κ2) is 7.94. The zero-order valence-electron chi connectivity index (χ0n) is 11.3. The highest BCUT2D eigenvalue weighted by molar-refractivity contribution is 9.11. The van der Waals surface area contributed by atoms with Crippen LogP contribution in [0.5, 0.6) is 5.75 Å². The Kier molecular flexibility index (Phi) is 6.52. The Morgan fingerprint density at radius 2 is 1.95 bits per heavy atom. The van der Waals surface area contributed by atoms with Crippen LogP contribution in [0.2, 0.25) is 0 Å². The van der Waals surface area contributed by atoms with Gasteiger partial charge in [0.2, 0.25) is 0 Å². The van der Waals surface area contributed by atoms with E-state index in [4.69, 9.17) is 12.2 Å². The van der Waals surface area contributed by atoms with Crippen LogP contribution in [0.1, 0.15) is 29.6 Å². The third kappa shape index (κ3) is 4.68. The number of carbonyl (C=O) groups excluding carboxylic acids is 1. The SMILES string of the molecule is O=C(CSC(=S)N1CCCCC1)c1cc(Br)cc(Br)c1O. The number of piperidine rings is 1. The molecular weight excluding hydrogens is 438 g/mol. The number of halogens is 2. The van der Waals surface area contributed by atoms with Crippen molar-refractivity contribution in [3.63, 3.8) is 0 Å². The molecule has 1 aromatic rings. The van der Waals surface area contributed by atoms with Gasteiger partial charge in [0.25, 0.3) is 0 Å². The fourth-order valence-corrected chi connectivity index (χ4v) is 4.51. The van der Waals surface area contributed by atoms with Crippen molar-refractivity contribution in [2.24, 2.45) is 0 Å². The minimum absolute atomic E-state index is 0.0207. The van der Waals surface area contributed by atoms with Crippen LogP contribution in [0.15, 0.2) is 21.1 Å². The van der Waals surface area contributed by atoms with Gasteiger partial charge >= 0.3 is 0 Å². The van der Waals surface area contributed by atoms with Gasteiger partial charge in [-0.25, -0.2) is 0 Å². The van der Waals surface area contributed by atoms with Crippen molar-refractivity contribution in [1.82, 2.24) is 4.90 Å². The number of phenols is 1. The molecule has 0 saturated carbocycles. The Morgan fingerprint density at radius 1 is 1.29 bits per heavy atom. The molecule has 1 aromatic carbocycles. The van der Waals surface area contributed by atoms with E-state index in [1.165, 1.54) is 18.2 Å². The topological polar surface area (TPSA) is 40.5 Å². The number of phenolic OH excluding ortho intramolecular Hbond substituents is 1. The maximum absolute atomic E-state index is 12.3. The normalized spacial score (nSPS) is 15.0. The van der Waals surface area contributed by atoms with Gasteiger partial charge in [-0.2, -0.15) is 0 Å². The van der Waals surface area contributed by atoms with Gasteiger partial charge in [0.15, 0.2) is 5.78 Å². The van der Waals surface area contributed by atoms with E-state index in [9.17, 15) is 9.90 Å². The molecule has 2 rings (SSSR count). The predicted octanol–water partition coefficient (Wildman–Crippen LogP) is 4.60. The zero-order chi connectivity index (χ0) is 15.4. The number of thiocarbonyl (C=S) groups is 1. The maximum atomic E-state index is 12.3. The molecule has 0 atom stereocenters. The highest BCUT2D eigenvalue weighted by Gasteiger charge is 2.18. The summed E-state index contributed by atoms with van der Waals surface area (Å²) in [4.78, 5) is 14.4. The van der Waals surface area contributed by atoms with Gasteiger partial charge in [-0.15, -0.1) is 0 Å². The molecule has 0 aromatic heterocycles. The third-order valence-electron chi connectivity index (χ3n) is 3.27. The van der Waals surface area contributed by atoms with Gasteiger partial charge in [0, 0.05) is 17.6 Å². The monoisotopic (exact) mass is 451 g/mol. The van der Waals surface area contributed by atoms with E-state index in [1.54, 1.807) is 12.1 Å². The van der Waals surface area contributed by atoms with Crippen molar-refractivity contribution in [2.75, 3.05) is 18.8 Å². The Morgan fingerprint density at radius 3 is 2.62 bits per heavy atom. The second-order valence-electron chi connectivity index (χ2n) is 4.81. The lowest BCUT2D eigenvalue weighted by Gasteiger charge is -2.28. The average molecular weight is 453 g/mol. The molecule has 1 saturated heterocycles. The first-order valence-corrected chi connectivity index (χ1v) is 9.60. The average Bonchev–Trinajstić information content (AvgIpc) is 2.49. The highest BCUT2D eigenvalue weighted by atomic mass is 79.9. The lowest BCUT2D eigenvalue weighted by molar-refractivity contribution is 0.102. The lowest BCUT2D eigenvalue weighted by Crippen LogP contribution is -2.33. The minimum Gasteiger partial charge on any atom is -0.506 e. The standard InChI is InChI=1S/C14H15Br2NO2S2/c15-9-6-10(13(19)11(16)7-9)12(18)8-21-14(20)17-4-2-1-3-5-17/h6-7,19H,1-5,8H2. The molecule has 1 aliphatic heterocycles. The first kappa shape index (κ1) is 17.2. The minimum atomic E-state index is -0.126. The van der Waals surface area contributed by atoms with E-state index in [-0.39, 0.29) is 17.3 Å². The van der Waals surface area contributed by atoms with Crippen LogP contribution in [0, 0.1) is 0 Å². The maximum Gasteiger partial charge on any atom is 0.176 e. The van der Waals surface area contributed by atoms with Crippen molar-refractivity contribution in [3.8, 4) is 5.75 Å². The molecule has 1 fully saturated rings. The van der Waals surface area contributed by atoms with Gasteiger partial charge in [0.1, 0.15) is 10.1 Å². The Hall–Kier alpha value is -0.110. The summed E-state index contributed by atoms with van der Waals surface area (Å²) in [5, 5.41) is 9.97. The molecule has 114 valence electrons. The van der Waals surface area contributed by atoms with Gasteiger partial charge in [-0.1, -0.05) is 39.9 Å². The van der Waals surface area contributed by atoms with E-state index < -0.39 is 0 Å². The molecule has 1 heterocycles. The Labute approximate surface area is 150 Å². The van der Waals surface area contributed by atoms with Crippen molar-refractivity contribution in [1.29, 1.82) is 0 Å². The van der Waals surface area contributed by atoms with E-state index >= 15 is 0 Å².